The normalized spacial score (nSPS) is 10.4. The minimum absolute atomic E-state index is 0.0157. The first-order valence-corrected chi connectivity index (χ1v) is 7.75. The Bertz CT molecular complexity index is 955. The Kier molecular flexibility index (Phi) is 5.02. The summed E-state index contributed by atoms with van der Waals surface area (Å²) in [5.41, 5.74) is 0.637. The summed E-state index contributed by atoms with van der Waals surface area (Å²) >= 11 is 0. The van der Waals surface area contributed by atoms with E-state index in [9.17, 15) is 14.0 Å². The maximum Gasteiger partial charge on any atom is 0.270 e. The number of amides is 2. The zero-order valence-corrected chi connectivity index (χ0v) is 13.8. The Balaban J connectivity index is 1.67. The molecule has 26 heavy (non-hydrogen) atoms. The van der Waals surface area contributed by atoms with E-state index in [0.29, 0.717) is 11.3 Å². The van der Waals surface area contributed by atoms with E-state index in [1.807, 2.05) is 0 Å². The summed E-state index contributed by atoms with van der Waals surface area (Å²) in [7, 11) is 0. The lowest BCUT2D eigenvalue weighted by Gasteiger charge is -2.07. The predicted molar refractivity (Wildman–Crippen MR) is 91.0 cm³/mol. The largest absolute Gasteiger partial charge is 0.360 e. The Hall–Kier alpha value is -3.55. The van der Waals surface area contributed by atoms with Gasteiger partial charge in [-0.1, -0.05) is 23.4 Å². The number of aryl methyl sites for hydroxylation is 1. The minimum atomic E-state index is -0.514. The molecule has 0 bridgehead atoms. The second kappa shape index (κ2) is 7.56. The van der Waals surface area contributed by atoms with Crippen molar-refractivity contribution in [1.29, 1.82) is 0 Å². The number of rotatable bonds is 5. The van der Waals surface area contributed by atoms with Crippen molar-refractivity contribution < 1.29 is 18.5 Å². The van der Waals surface area contributed by atoms with Gasteiger partial charge >= 0.3 is 0 Å². The monoisotopic (exact) mass is 354 g/mol. The molecule has 0 aliphatic heterocycles. The van der Waals surface area contributed by atoms with E-state index in [2.05, 4.69) is 20.8 Å². The molecule has 0 saturated carbocycles. The van der Waals surface area contributed by atoms with Crippen LogP contribution < -0.4 is 10.6 Å². The van der Waals surface area contributed by atoms with Gasteiger partial charge in [-0.25, -0.2) is 4.39 Å². The second-order valence-corrected chi connectivity index (χ2v) is 5.48. The Labute approximate surface area is 148 Å². The van der Waals surface area contributed by atoms with E-state index in [1.54, 1.807) is 31.2 Å². The Morgan fingerprint density at radius 1 is 1.15 bits per heavy atom. The lowest BCUT2D eigenvalue weighted by Crippen LogP contribution is -2.25. The fourth-order valence-corrected chi connectivity index (χ4v) is 2.22. The van der Waals surface area contributed by atoms with Crippen LogP contribution in [0.1, 0.15) is 32.2 Å². The van der Waals surface area contributed by atoms with E-state index in [-0.39, 0.29) is 23.6 Å². The number of halogens is 1. The first-order valence-electron chi connectivity index (χ1n) is 7.75. The van der Waals surface area contributed by atoms with Gasteiger partial charge in [0.2, 0.25) is 0 Å². The number of pyridine rings is 1. The third-order valence-electron chi connectivity index (χ3n) is 3.52. The predicted octanol–water partition coefficient (Wildman–Crippen LogP) is 2.70. The molecule has 2 amide bonds. The van der Waals surface area contributed by atoms with Crippen LogP contribution in [0.4, 0.5) is 10.2 Å². The SMILES string of the molecule is Cc1cc(NC(=O)c2ccnc(C(=O)NCc3ccccc3F)c2)no1. The summed E-state index contributed by atoms with van der Waals surface area (Å²) in [6.45, 7) is 1.72. The average Bonchev–Trinajstić information content (AvgIpc) is 3.05. The third-order valence-corrected chi connectivity index (χ3v) is 3.52. The highest BCUT2D eigenvalue weighted by Gasteiger charge is 2.14. The summed E-state index contributed by atoms with van der Waals surface area (Å²) in [4.78, 5) is 28.4. The molecule has 0 fully saturated rings. The highest BCUT2D eigenvalue weighted by Crippen LogP contribution is 2.11. The van der Waals surface area contributed by atoms with Gasteiger partial charge in [0.1, 0.15) is 17.3 Å². The first-order chi connectivity index (χ1) is 12.5. The molecule has 0 aliphatic carbocycles. The number of nitrogens with one attached hydrogen (secondary N) is 2. The van der Waals surface area contributed by atoms with Crippen LogP contribution >= 0.6 is 0 Å². The highest BCUT2D eigenvalue weighted by atomic mass is 19.1. The van der Waals surface area contributed by atoms with Crippen LogP contribution in [0.5, 0.6) is 0 Å². The fourth-order valence-electron chi connectivity index (χ4n) is 2.22. The molecule has 7 nitrogen and oxygen atoms in total. The zero-order valence-electron chi connectivity index (χ0n) is 13.8. The summed E-state index contributed by atoms with van der Waals surface area (Å²) in [5.74, 6) is -0.543. The standard InChI is InChI=1S/C18H15FN4O3/c1-11-8-16(23-26-11)22-17(24)12-6-7-20-15(9-12)18(25)21-10-13-4-2-3-5-14(13)19/h2-9H,10H2,1H3,(H,21,25)(H,22,23,24). The molecule has 2 heterocycles. The lowest BCUT2D eigenvalue weighted by atomic mass is 10.2. The van der Waals surface area contributed by atoms with Crippen LogP contribution in [0, 0.1) is 12.7 Å². The molecule has 0 aliphatic rings. The molecule has 132 valence electrons. The van der Waals surface area contributed by atoms with E-state index < -0.39 is 17.6 Å². The maximum absolute atomic E-state index is 13.6. The van der Waals surface area contributed by atoms with Gasteiger partial charge in [-0.3, -0.25) is 14.6 Å². The summed E-state index contributed by atoms with van der Waals surface area (Å²) in [6.07, 6.45) is 1.35. The van der Waals surface area contributed by atoms with E-state index >= 15 is 0 Å². The van der Waals surface area contributed by atoms with Crippen LogP contribution in [0.2, 0.25) is 0 Å². The second-order valence-electron chi connectivity index (χ2n) is 5.48. The Morgan fingerprint density at radius 2 is 1.96 bits per heavy atom. The molecule has 3 aromatic rings. The number of carbonyl (C=O) groups is 2. The van der Waals surface area contributed by atoms with Gasteiger partial charge in [0.15, 0.2) is 5.82 Å². The third kappa shape index (κ3) is 4.10. The van der Waals surface area contributed by atoms with Crippen LogP contribution in [0.3, 0.4) is 0 Å². The molecule has 2 aromatic heterocycles. The zero-order chi connectivity index (χ0) is 18.5. The number of aromatic nitrogens is 2. The molecule has 3 rings (SSSR count). The topological polar surface area (TPSA) is 97.1 Å². The molecule has 0 unspecified atom stereocenters. The summed E-state index contributed by atoms with van der Waals surface area (Å²) in [6, 6.07) is 10.5. The van der Waals surface area contributed by atoms with Gasteiger partial charge in [0.25, 0.3) is 11.8 Å². The molecule has 0 atom stereocenters. The number of anilines is 1. The van der Waals surface area contributed by atoms with E-state index in [4.69, 9.17) is 4.52 Å². The fraction of sp³-hybridized carbons (Fsp3) is 0.111. The first kappa shape index (κ1) is 17.3. The van der Waals surface area contributed by atoms with Gasteiger partial charge in [0, 0.05) is 29.9 Å². The number of benzene rings is 1. The Morgan fingerprint density at radius 3 is 2.69 bits per heavy atom. The minimum Gasteiger partial charge on any atom is -0.360 e. The number of nitrogens with zero attached hydrogens (tertiary/aromatic N) is 2. The maximum atomic E-state index is 13.6. The van der Waals surface area contributed by atoms with Gasteiger partial charge in [-0.2, -0.15) is 0 Å². The molecule has 2 N–H and O–H groups in total. The molecular weight excluding hydrogens is 339 g/mol. The van der Waals surface area contributed by atoms with E-state index in [1.165, 1.54) is 24.4 Å². The smallest absolute Gasteiger partial charge is 0.270 e. The van der Waals surface area contributed by atoms with Crippen molar-refractivity contribution in [3.05, 3.63) is 77.1 Å². The van der Waals surface area contributed by atoms with Gasteiger partial charge < -0.3 is 15.2 Å². The molecule has 0 radical (unpaired) electrons. The molecule has 1 aromatic carbocycles. The average molecular weight is 354 g/mol. The lowest BCUT2D eigenvalue weighted by molar-refractivity contribution is 0.0945. The van der Waals surface area contributed by atoms with Crippen molar-refractivity contribution in [1.82, 2.24) is 15.5 Å². The van der Waals surface area contributed by atoms with Crippen molar-refractivity contribution in [2.24, 2.45) is 0 Å². The van der Waals surface area contributed by atoms with Gasteiger partial charge in [0.05, 0.1) is 0 Å². The quantitative estimate of drug-likeness (QED) is 0.734. The van der Waals surface area contributed by atoms with Crippen LogP contribution in [-0.4, -0.2) is 22.0 Å². The summed E-state index contributed by atoms with van der Waals surface area (Å²) < 4.78 is 18.5. The van der Waals surface area contributed by atoms with Crippen molar-refractivity contribution in [2.75, 3.05) is 5.32 Å². The number of hydrogen-bond acceptors (Lipinski definition) is 5. The van der Waals surface area contributed by atoms with Crippen molar-refractivity contribution in [3.8, 4) is 0 Å². The molecule has 8 heteroatoms. The van der Waals surface area contributed by atoms with Crippen LogP contribution in [-0.2, 0) is 6.54 Å². The van der Waals surface area contributed by atoms with E-state index in [0.717, 1.165) is 0 Å². The number of carbonyl (C=O) groups excluding carboxylic acids is 2. The highest BCUT2D eigenvalue weighted by molar-refractivity contribution is 6.05. The molecular formula is C18H15FN4O3. The van der Waals surface area contributed by atoms with Gasteiger partial charge in [-0.05, 0) is 25.1 Å². The van der Waals surface area contributed by atoms with Crippen molar-refractivity contribution >= 4 is 17.6 Å². The molecule has 0 spiro atoms. The summed E-state index contributed by atoms with van der Waals surface area (Å²) in [5, 5.41) is 8.81. The molecule has 0 saturated heterocycles. The van der Waals surface area contributed by atoms with Gasteiger partial charge in [-0.15, -0.1) is 0 Å². The number of hydrogen-bond donors (Lipinski definition) is 2. The van der Waals surface area contributed by atoms with Crippen molar-refractivity contribution in [3.63, 3.8) is 0 Å². The van der Waals surface area contributed by atoms with Crippen LogP contribution in [0.25, 0.3) is 0 Å². The van der Waals surface area contributed by atoms with Crippen LogP contribution in [0.15, 0.2) is 53.2 Å². The van der Waals surface area contributed by atoms with Crippen molar-refractivity contribution in [2.45, 2.75) is 13.5 Å².